The topological polar surface area (TPSA) is 0 Å². The summed E-state index contributed by atoms with van der Waals surface area (Å²) in [5.41, 5.74) is 12.5. The van der Waals surface area contributed by atoms with Gasteiger partial charge in [-0.3, -0.25) is 0 Å². The van der Waals surface area contributed by atoms with Crippen molar-refractivity contribution in [1.82, 2.24) is 0 Å². The summed E-state index contributed by atoms with van der Waals surface area (Å²) in [7, 11) is 0. The van der Waals surface area contributed by atoms with Gasteiger partial charge in [0.15, 0.2) is 0 Å². The van der Waals surface area contributed by atoms with Gasteiger partial charge in [-0.2, -0.15) is 0 Å². The van der Waals surface area contributed by atoms with E-state index in [1.165, 1.54) is 50.1 Å². The van der Waals surface area contributed by atoms with Crippen molar-refractivity contribution in [3.8, 4) is 11.1 Å². The summed E-state index contributed by atoms with van der Waals surface area (Å²) in [6.45, 7) is 0. The van der Waals surface area contributed by atoms with Crippen LogP contribution >= 0.6 is 0 Å². The summed E-state index contributed by atoms with van der Waals surface area (Å²) in [6, 6.07) is 22.2. The van der Waals surface area contributed by atoms with Crippen molar-refractivity contribution in [2.75, 3.05) is 0 Å². The van der Waals surface area contributed by atoms with Crippen molar-refractivity contribution < 1.29 is 0 Å². The van der Waals surface area contributed by atoms with Crippen LogP contribution in [0.15, 0.2) is 85.0 Å². The SMILES string of the molecule is [CH]1c2ccccc2-c2ccc(C3=CC=CC3)c(C3C=Cc4ccccc43)c21. The number of rotatable bonds is 2. The molecule has 3 aliphatic carbocycles. The fraction of sp³-hybridized carbons (Fsp3) is 0.0741. The van der Waals surface area contributed by atoms with E-state index in [4.69, 9.17) is 0 Å². The molecule has 1 radical (unpaired) electrons. The van der Waals surface area contributed by atoms with Crippen molar-refractivity contribution in [2.45, 2.75) is 12.3 Å². The molecule has 0 saturated carbocycles. The Morgan fingerprint density at radius 2 is 1.56 bits per heavy atom. The highest BCUT2D eigenvalue weighted by molar-refractivity contribution is 5.88. The Kier molecular flexibility index (Phi) is 3.16. The Morgan fingerprint density at radius 1 is 0.741 bits per heavy atom. The molecule has 6 rings (SSSR count). The van der Waals surface area contributed by atoms with E-state index in [-0.39, 0.29) is 0 Å². The molecule has 0 saturated heterocycles. The summed E-state index contributed by atoms with van der Waals surface area (Å²) in [5, 5.41) is 0. The number of benzene rings is 3. The van der Waals surface area contributed by atoms with Gasteiger partial charge in [-0.1, -0.05) is 91.0 Å². The van der Waals surface area contributed by atoms with Crippen LogP contribution in [-0.2, 0) is 0 Å². The Morgan fingerprint density at radius 3 is 2.44 bits per heavy atom. The predicted octanol–water partition coefficient (Wildman–Crippen LogP) is 6.77. The van der Waals surface area contributed by atoms with Crippen molar-refractivity contribution in [2.24, 2.45) is 0 Å². The van der Waals surface area contributed by atoms with Gasteiger partial charge in [0, 0.05) is 12.3 Å². The summed E-state index contributed by atoms with van der Waals surface area (Å²) < 4.78 is 0. The molecule has 1 unspecified atom stereocenters. The van der Waals surface area contributed by atoms with E-state index in [0.29, 0.717) is 5.92 Å². The molecule has 1 atom stereocenters. The molecule has 0 heteroatoms. The smallest absolute Gasteiger partial charge is 0.0287 e. The maximum atomic E-state index is 2.39. The van der Waals surface area contributed by atoms with Gasteiger partial charge in [-0.15, -0.1) is 0 Å². The first-order valence-corrected chi connectivity index (χ1v) is 9.64. The third-order valence-electron chi connectivity index (χ3n) is 6.07. The van der Waals surface area contributed by atoms with Gasteiger partial charge < -0.3 is 0 Å². The molecule has 0 aliphatic heterocycles. The van der Waals surface area contributed by atoms with Crippen LogP contribution in [0.3, 0.4) is 0 Å². The van der Waals surface area contributed by atoms with Gasteiger partial charge in [-0.05, 0) is 56.5 Å². The molecule has 0 fully saturated rings. The van der Waals surface area contributed by atoms with Crippen LogP contribution in [0.2, 0.25) is 0 Å². The van der Waals surface area contributed by atoms with E-state index >= 15 is 0 Å². The second-order valence-electron chi connectivity index (χ2n) is 7.51. The maximum absolute atomic E-state index is 2.39. The fourth-order valence-electron chi connectivity index (χ4n) is 4.81. The van der Waals surface area contributed by atoms with Crippen LogP contribution in [0, 0.1) is 6.42 Å². The Hall–Kier alpha value is -3.12. The summed E-state index contributed by atoms with van der Waals surface area (Å²) in [6.07, 6.45) is 14.8. The van der Waals surface area contributed by atoms with Gasteiger partial charge in [-0.25, -0.2) is 0 Å². The predicted molar refractivity (Wildman–Crippen MR) is 113 cm³/mol. The van der Waals surface area contributed by atoms with Crippen LogP contribution in [0.25, 0.3) is 22.8 Å². The van der Waals surface area contributed by atoms with Gasteiger partial charge in [0.05, 0.1) is 0 Å². The zero-order valence-corrected chi connectivity index (χ0v) is 15.0. The monoisotopic (exact) mass is 343 g/mol. The maximum Gasteiger partial charge on any atom is 0.0287 e. The first-order chi connectivity index (χ1) is 13.4. The molecule has 0 spiro atoms. The van der Waals surface area contributed by atoms with Crippen molar-refractivity contribution >= 4 is 11.6 Å². The van der Waals surface area contributed by atoms with Gasteiger partial charge in [0.1, 0.15) is 0 Å². The van der Waals surface area contributed by atoms with Gasteiger partial charge in [0.25, 0.3) is 0 Å². The molecular formula is C27H19. The summed E-state index contributed by atoms with van der Waals surface area (Å²) in [4.78, 5) is 0. The van der Waals surface area contributed by atoms with Crippen LogP contribution in [0.4, 0.5) is 0 Å². The van der Waals surface area contributed by atoms with E-state index in [9.17, 15) is 0 Å². The minimum atomic E-state index is 0.318. The second-order valence-corrected chi connectivity index (χ2v) is 7.51. The van der Waals surface area contributed by atoms with Crippen LogP contribution in [0.1, 0.15) is 45.7 Å². The van der Waals surface area contributed by atoms with Crippen molar-refractivity contribution in [3.63, 3.8) is 0 Å². The molecule has 0 amide bonds. The van der Waals surface area contributed by atoms with Crippen LogP contribution < -0.4 is 0 Å². The Balaban J connectivity index is 1.61. The molecule has 0 heterocycles. The standard InChI is InChI=1S/C27H19/c1-2-8-18(7-1)23-15-16-24-22-12-6-4-10-20(22)17-26(24)27(23)25-14-13-19-9-3-5-11-21(19)25/h1-7,9-17,25H,8H2. The first-order valence-electron chi connectivity index (χ1n) is 9.64. The first kappa shape index (κ1) is 15.0. The Labute approximate surface area is 160 Å². The van der Waals surface area contributed by atoms with E-state index in [1.54, 1.807) is 0 Å². The zero-order valence-electron chi connectivity index (χ0n) is 15.0. The highest BCUT2D eigenvalue weighted by atomic mass is 14.3. The third-order valence-corrected chi connectivity index (χ3v) is 6.07. The normalized spacial score (nSPS) is 18.4. The molecule has 27 heavy (non-hydrogen) atoms. The lowest BCUT2D eigenvalue weighted by atomic mass is 9.82. The minimum Gasteiger partial charge on any atom is -0.0801 e. The number of hydrogen-bond acceptors (Lipinski definition) is 0. The van der Waals surface area contributed by atoms with Crippen LogP contribution in [0.5, 0.6) is 0 Å². The average Bonchev–Trinajstić information content (AvgIpc) is 3.45. The van der Waals surface area contributed by atoms with E-state index < -0.39 is 0 Å². The van der Waals surface area contributed by atoms with Gasteiger partial charge >= 0.3 is 0 Å². The molecule has 3 aromatic rings. The molecule has 0 aromatic heterocycles. The third kappa shape index (κ3) is 2.16. The van der Waals surface area contributed by atoms with Gasteiger partial charge in [0.2, 0.25) is 0 Å². The summed E-state index contributed by atoms with van der Waals surface area (Å²) in [5.74, 6) is 0.318. The summed E-state index contributed by atoms with van der Waals surface area (Å²) >= 11 is 0. The highest BCUT2D eigenvalue weighted by Gasteiger charge is 2.30. The molecule has 127 valence electrons. The molecule has 3 aromatic carbocycles. The molecule has 0 nitrogen and oxygen atoms in total. The zero-order chi connectivity index (χ0) is 17.8. The number of fused-ring (bicyclic) bond motifs is 4. The fourth-order valence-corrected chi connectivity index (χ4v) is 4.81. The van der Waals surface area contributed by atoms with Crippen molar-refractivity contribution in [1.29, 1.82) is 0 Å². The lowest BCUT2D eigenvalue weighted by Gasteiger charge is -2.21. The molecule has 3 aliphatic rings. The second kappa shape index (κ2) is 5.69. The Bertz CT molecular complexity index is 1170. The van der Waals surface area contributed by atoms with E-state index in [0.717, 1.165) is 6.42 Å². The van der Waals surface area contributed by atoms with Crippen LogP contribution in [-0.4, -0.2) is 0 Å². The number of allylic oxidation sites excluding steroid dienone is 5. The molecule has 0 bridgehead atoms. The lowest BCUT2D eigenvalue weighted by Crippen LogP contribution is -2.05. The molecular weight excluding hydrogens is 324 g/mol. The largest absolute Gasteiger partial charge is 0.0801 e. The highest BCUT2D eigenvalue weighted by Crippen LogP contribution is 2.48. The van der Waals surface area contributed by atoms with E-state index in [1.807, 2.05) is 0 Å². The van der Waals surface area contributed by atoms with E-state index in [2.05, 4.69) is 97.5 Å². The lowest BCUT2D eigenvalue weighted by molar-refractivity contribution is 1.03. The average molecular weight is 343 g/mol. The minimum absolute atomic E-state index is 0.318. The number of hydrogen-bond donors (Lipinski definition) is 0. The molecule has 0 N–H and O–H groups in total. The van der Waals surface area contributed by atoms with Crippen molar-refractivity contribution in [3.05, 3.63) is 125 Å². The quantitative estimate of drug-likeness (QED) is 0.377.